The molecule has 104 valence electrons. The van der Waals surface area contributed by atoms with Gasteiger partial charge >= 0.3 is 5.97 Å². The van der Waals surface area contributed by atoms with Crippen LogP contribution in [0.5, 0.6) is 0 Å². The minimum Gasteiger partial charge on any atom is -0.465 e. The maximum atomic E-state index is 11.3. The van der Waals surface area contributed by atoms with Gasteiger partial charge in [-0.2, -0.15) is 0 Å². The number of carbonyl (C=O) groups is 1. The van der Waals surface area contributed by atoms with E-state index in [1.807, 2.05) is 36.4 Å². The van der Waals surface area contributed by atoms with Crippen LogP contribution in [0, 0.1) is 0 Å². The van der Waals surface area contributed by atoms with Crippen molar-refractivity contribution in [1.82, 2.24) is 0 Å². The molecule has 2 aromatic carbocycles. The predicted molar refractivity (Wildman–Crippen MR) is 79.7 cm³/mol. The highest BCUT2D eigenvalue weighted by atomic mass is 32.2. The number of thioether (sulfide) groups is 1. The third-order valence-corrected chi connectivity index (χ3v) is 3.93. The second-order valence-corrected chi connectivity index (χ2v) is 5.33. The van der Waals surface area contributed by atoms with Crippen molar-refractivity contribution in [1.29, 1.82) is 0 Å². The molecular weight excluding hydrogens is 272 g/mol. The molecule has 0 unspecified atom stereocenters. The van der Waals surface area contributed by atoms with Gasteiger partial charge < -0.3 is 9.84 Å². The normalized spacial score (nSPS) is 10.3. The standard InChI is InChI=1S/C16H16O3S/c1-19-16(18)14-7-5-12(6-8-14)11-20-15-4-2-3-13(9-15)10-17/h2-9,17H,10-11H2,1H3. The number of rotatable bonds is 5. The van der Waals surface area contributed by atoms with Gasteiger partial charge in [-0.25, -0.2) is 4.79 Å². The molecule has 0 aliphatic rings. The number of aliphatic hydroxyl groups is 1. The molecule has 0 heterocycles. The molecule has 3 nitrogen and oxygen atoms in total. The van der Waals surface area contributed by atoms with Crippen LogP contribution in [0.25, 0.3) is 0 Å². The topological polar surface area (TPSA) is 46.5 Å². The van der Waals surface area contributed by atoms with E-state index in [1.165, 1.54) is 7.11 Å². The maximum absolute atomic E-state index is 11.3. The summed E-state index contributed by atoms with van der Waals surface area (Å²) in [7, 11) is 1.38. The van der Waals surface area contributed by atoms with Gasteiger partial charge in [-0.15, -0.1) is 11.8 Å². The number of ether oxygens (including phenoxy) is 1. The molecule has 1 N–H and O–H groups in total. The molecule has 0 bridgehead atoms. The van der Waals surface area contributed by atoms with E-state index in [1.54, 1.807) is 23.9 Å². The molecule has 0 fully saturated rings. The number of esters is 1. The third kappa shape index (κ3) is 3.85. The number of hydrogen-bond donors (Lipinski definition) is 1. The smallest absolute Gasteiger partial charge is 0.337 e. The van der Waals surface area contributed by atoms with E-state index in [2.05, 4.69) is 4.74 Å². The van der Waals surface area contributed by atoms with E-state index in [4.69, 9.17) is 5.11 Å². The van der Waals surface area contributed by atoms with Crippen LogP contribution in [0.4, 0.5) is 0 Å². The van der Waals surface area contributed by atoms with Crippen LogP contribution in [0.2, 0.25) is 0 Å². The minimum absolute atomic E-state index is 0.0578. The number of aliphatic hydroxyl groups excluding tert-OH is 1. The van der Waals surface area contributed by atoms with E-state index in [-0.39, 0.29) is 12.6 Å². The highest BCUT2D eigenvalue weighted by Crippen LogP contribution is 2.23. The summed E-state index contributed by atoms with van der Waals surface area (Å²) in [6.07, 6.45) is 0. The van der Waals surface area contributed by atoms with Gasteiger partial charge in [-0.05, 0) is 35.4 Å². The second-order valence-electron chi connectivity index (χ2n) is 4.28. The van der Waals surface area contributed by atoms with Gasteiger partial charge in [-0.1, -0.05) is 24.3 Å². The first-order valence-corrected chi connectivity index (χ1v) is 7.21. The quantitative estimate of drug-likeness (QED) is 0.677. The zero-order chi connectivity index (χ0) is 14.4. The summed E-state index contributed by atoms with van der Waals surface area (Å²) in [6.45, 7) is 0.0578. The van der Waals surface area contributed by atoms with Crippen molar-refractivity contribution in [3.8, 4) is 0 Å². The predicted octanol–water partition coefficient (Wildman–Crippen LogP) is 3.26. The molecule has 0 atom stereocenters. The lowest BCUT2D eigenvalue weighted by Gasteiger charge is -2.05. The highest BCUT2D eigenvalue weighted by Gasteiger charge is 2.04. The second kappa shape index (κ2) is 7.12. The highest BCUT2D eigenvalue weighted by molar-refractivity contribution is 7.98. The average Bonchev–Trinajstić information content (AvgIpc) is 2.53. The third-order valence-electron chi connectivity index (χ3n) is 2.86. The Balaban J connectivity index is 1.98. The van der Waals surface area contributed by atoms with Crippen molar-refractivity contribution >= 4 is 17.7 Å². The van der Waals surface area contributed by atoms with Crippen molar-refractivity contribution in [3.63, 3.8) is 0 Å². The zero-order valence-electron chi connectivity index (χ0n) is 11.2. The summed E-state index contributed by atoms with van der Waals surface area (Å²) in [6, 6.07) is 15.2. The Hall–Kier alpha value is -1.78. The Morgan fingerprint density at radius 3 is 2.55 bits per heavy atom. The monoisotopic (exact) mass is 288 g/mol. The lowest BCUT2D eigenvalue weighted by Crippen LogP contribution is -2.00. The average molecular weight is 288 g/mol. The van der Waals surface area contributed by atoms with Crippen molar-refractivity contribution < 1.29 is 14.6 Å². The van der Waals surface area contributed by atoms with Gasteiger partial charge in [-0.3, -0.25) is 0 Å². The van der Waals surface area contributed by atoms with Crippen LogP contribution < -0.4 is 0 Å². The van der Waals surface area contributed by atoms with Gasteiger partial charge in [0.05, 0.1) is 19.3 Å². The largest absolute Gasteiger partial charge is 0.465 e. The summed E-state index contributed by atoms with van der Waals surface area (Å²) in [5.74, 6) is 0.496. The van der Waals surface area contributed by atoms with Crippen LogP contribution >= 0.6 is 11.8 Å². The fourth-order valence-corrected chi connectivity index (χ4v) is 2.69. The van der Waals surface area contributed by atoms with Gasteiger partial charge in [0.15, 0.2) is 0 Å². The van der Waals surface area contributed by atoms with E-state index in [0.29, 0.717) is 5.56 Å². The molecule has 0 aromatic heterocycles. The zero-order valence-corrected chi connectivity index (χ0v) is 12.0. The van der Waals surface area contributed by atoms with Gasteiger partial charge in [0.2, 0.25) is 0 Å². The van der Waals surface area contributed by atoms with Crippen molar-refractivity contribution in [2.75, 3.05) is 7.11 Å². The fraction of sp³-hybridized carbons (Fsp3) is 0.188. The number of benzene rings is 2. The molecule has 4 heteroatoms. The Morgan fingerprint density at radius 2 is 1.90 bits per heavy atom. The summed E-state index contributed by atoms with van der Waals surface area (Å²) >= 11 is 1.70. The van der Waals surface area contributed by atoms with Gasteiger partial charge in [0, 0.05) is 10.6 Å². The first-order chi connectivity index (χ1) is 9.72. The molecule has 0 radical (unpaired) electrons. The molecule has 20 heavy (non-hydrogen) atoms. The Kier molecular flexibility index (Phi) is 5.21. The lowest BCUT2D eigenvalue weighted by atomic mass is 10.1. The van der Waals surface area contributed by atoms with Crippen molar-refractivity contribution in [2.45, 2.75) is 17.3 Å². The summed E-state index contributed by atoms with van der Waals surface area (Å²) in [5, 5.41) is 9.10. The molecule has 0 aliphatic carbocycles. The van der Waals surface area contributed by atoms with Crippen LogP contribution in [-0.2, 0) is 17.1 Å². The molecule has 0 aliphatic heterocycles. The van der Waals surface area contributed by atoms with E-state index < -0.39 is 0 Å². The van der Waals surface area contributed by atoms with Crippen LogP contribution in [0.3, 0.4) is 0 Å². The van der Waals surface area contributed by atoms with Crippen molar-refractivity contribution in [3.05, 3.63) is 65.2 Å². The SMILES string of the molecule is COC(=O)c1ccc(CSc2cccc(CO)c2)cc1. The van der Waals surface area contributed by atoms with Crippen LogP contribution in [0.15, 0.2) is 53.4 Å². The number of methoxy groups -OCH3 is 1. The Labute approximate surface area is 122 Å². The first kappa shape index (κ1) is 14.6. The number of hydrogen-bond acceptors (Lipinski definition) is 4. The molecular formula is C16H16O3S. The Bertz CT molecular complexity index is 579. The van der Waals surface area contributed by atoms with Gasteiger partial charge in [0.1, 0.15) is 0 Å². The van der Waals surface area contributed by atoms with E-state index in [9.17, 15) is 4.79 Å². The molecule has 0 spiro atoms. The van der Waals surface area contributed by atoms with E-state index in [0.717, 1.165) is 21.8 Å². The maximum Gasteiger partial charge on any atom is 0.337 e. The molecule has 2 aromatic rings. The number of carbonyl (C=O) groups excluding carboxylic acids is 1. The lowest BCUT2D eigenvalue weighted by molar-refractivity contribution is 0.0600. The van der Waals surface area contributed by atoms with Crippen LogP contribution in [-0.4, -0.2) is 18.2 Å². The first-order valence-electron chi connectivity index (χ1n) is 6.23. The molecule has 0 amide bonds. The molecule has 2 rings (SSSR count). The minimum atomic E-state index is -0.320. The summed E-state index contributed by atoms with van der Waals surface area (Å²) in [4.78, 5) is 12.4. The van der Waals surface area contributed by atoms with Gasteiger partial charge in [0.25, 0.3) is 0 Å². The summed E-state index contributed by atoms with van der Waals surface area (Å²) in [5.41, 5.74) is 2.61. The van der Waals surface area contributed by atoms with E-state index >= 15 is 0 Å². The fourth-order valence-electron chi connectivity index (χ4n) is 1.76. The van der Waals surface area contributed by atoms with Crippen molar-refractivity contribution in [2.24, 2.45) is 0 Å². The van der Waals surface area contributed by atoms with Crippen LogP contribution in [0.1, 0.15) is 21.5 Å². The molecule has 0 saturated heterocycles. The summed E-state index contributed by atoms with van der Waals surface area (Å²) < 4.78 is 4.66. The Morgan fingerprint density at radius 1 is 1.15 bits per heavy atom. The molecule has 0 saturated carbocycles.